The molecule has 2 aromatic carbocycles. The van der Waals surface area contributed by atoms with Gasteiger partial charge in [0.25, 0.3) is 0 Å². The minimum atomic E-state index is 0. The average Bonchev–Trinajstić information content (AvgIpc) is 2.20. The first-order valence-corrected chi connectivity index (χ1v) is 4.26. The van der Waals surface area contributed by atoms with Crippen LogP contribution in [0.1, 0.15) is 5.56 Å². The van der Waals surface area contributed by atoms with E-state index in [0.717, 1.165) is 16.7 Å². The summed E-state index contributed by atoms with van der Waals surface area (Å²) in [5, 5.41) is 0. The molecule has 0 nitrogen and oxygen atoms in total. The zero-order valence-corrected chi connectivity index (χ0v) is 11.2. The maximum absolute atomic E-state index is 3.98. The van der Waals surface area contributed by atoms with Crippen LogP contribution in [0.15, 0.2) is 48.5 Å². The Labute approximate surface area is 113 Å². The first-order chi connectivity index (χ1) is 6.38. The van der Waals surface area contributed by atoms with Crippen LogP contribution in [-0.4, -0.2) is 0 Å². The second-order valence-electron chi connectivity index (χ2n) is 2.93. The molecule has 0 saturated heterocycles. The Balaban J connectivity index is 0. The smallest absolute Gasteiger partial charge is 0 e. The monoisotopic (exact) mass is 302 g/mol. The molecule has 1 heteroatoms. The SMILES string of the molecule is [CH2-]c1ccccc1-c1[c-]cccc1.[CH3-].[CH3-].[Pd]. The third kappa shape index (κ3) is 3.85. The topological polar surface area (TPSA) is 0 Å². The van der Waals surface area contributed by atoms with Crippen LogP contribution in [0.5, 0.6) is 0 Å². The molecule has 0 aliphatic carbocycles. The Morgan fingerprint density at radius 1 is 0.875 bits per heavy atom. The van der Waals surface area contributed by atoms with Crippen molar-refractivity contribution >= 4 is 0 Å². The van der Waals surface area contributed by atoms with Crippen LogP contribution in [0.2, 0.25) is 0 Å². The largest absolute Gasteiger partial charge is 0.358 e. The van der Waals surface area contributed by atoms with Gasteiger partial charge in [0.15, 0.2) is 0 Å². The van der Waals surface area contributed by atoms with Gasteiger partial charge in [-0.3, -0.25) is 0 Å². The zero-order valence-electron chi connectivity index (χ0n) is 9.64. The first-order valence-electron chi connectivity index (χ1n) is 4.26. The van der Waals surface area contributed by atoms with Gasteiger partial charge in [-0.25, -0.2) is 0 Å². The Kier molecular flexibility index (Phi) is 8.86. The summed E-state index contributed by atoms with van der Waals surface area (Å²) >= 11 is 0. The Morgan fingerprint density at radius 2 is 1.50 bits per heavy atom. The van der Waals surface area contributed by atoms with Gasteiger partial charge in [-0.15, -0.1) is 47.5 Å². The van der Waals surface area contributed by atoms with Crippen molar-refractivity contribution in [1.82, 2.24) is 0 Å². The number of rotatable bonds is 1. The molecule has 2 aromatic rings. The number of hydrogen-bond acceptors (Lipinski definition) is 0. The van der Waals surface area contributed by atoms with Crippen LogP contribution in [0.4, 0.5) is 0 Å². The van der Waals surface area contributed by atoms with E-state index >= 15 is 0 Å². The molecule has 0 heterocycles. The molecule has 0 unspecified atom stereocenters. The van der Waals surface area contributed by atoms with Gasteiger partial charge in [0.2, 0.25) is 0 Å². The second-order valence-corrected chi connectivity index (χ2v) is 2.93. The molecule has 0 spiro atoms. The fraction of sp³-hybridized carbons (Fsp3) is 0. The molecule has 0 aliphatic rings. The summed E-state index contributed by atoms with van der Waals surface area (Å²) in [5.74, 6) is 0. The summed E-state index contributed by atoms with van der Waals surface area (Å²) in [7, 11) is 0. The molecule has 16 heavy (non-hydrogen) atoms. The molecule has 90 valence electrons. The second kappa shape index (κ2) is 8.16. The van der Waals surface area contributed by atoms with Crippen molar-refractivity contribution in [2.75, 3.05) is 0 Å². The predicted molar refractivity (Wildman–Crippen MR) is 68.0 cm³/mol. The number of hydrogen-bond donors (Lipinski definition) is 0. The van der Waals surface area contributed by atoms with Crippen molar-refractivity contribution < 1.29 is 20.4 Å². The Bertz CT molecular complexity index is 393. The molecule has 0 amide bonds. The molecule has 0 radical (unpaired) electrons. The van der Waals surface area contributed by atoms with E-state index in [2.05, 4.69) is 19.1 Å². The number of benzene rings is 2. The fourth-order valence-electron chi connectivity index (χ4n) is 1.34. The summed E-state index contributed by atoms with van der Waals surface area (Å²) in [6.07, 6.45) is 0. The fourth-order valence-corrected chi connectivity index (χ4v) is 1.34. The van der Waals surface area contributed by atoms with Gasteiger partial charge < -0.3 is 14.9 Å². The molecule has 0 aliphatic heterocycles. The Morgan fingerprint density at radius 3 is 2.06 bits per heavy atom. The van der Waals surface area contributed by atoms with E-state index in [1.165, 1.54) is 0 Å². The Hall–Kier alpha value is -1.03. The standard InChI is InChI=1S/C13H10.2CH3.Pd/c1-11-7-5-6-10-13(11)12-8-3-2-4-9-12;;;/h2-8,10H,1H2;2*1H3;/q-2;2*-1;. The van der Waals surface area contributed by atoms with Crippen molar-refractivity contribution in [3.63, 3.8) is 0 Å². The molecular weight excluding hydrogens is 287 g/mol. The van der Waals surface area contributed by atoms with Gasteiger partial charge in [-0.2, -0.15) is 18.6 Å². The molecule has 0 fully saturated rings. The van der Waals surface area contributed by atoms with E-state index in [0.29, 0.717) is 0 Å². The molecule has 0 atom stereocenters. The average molecular weight is 303 g/mol. The van der Waals surface area contributed by atoms with E-state index < -0.39 is 0 Å². The maximum Gasteiger partial charge on any atom is 0 e. The van der Waals surface area contributed by atoms with E-state index in [-0.39, 0.29) is 35.3 Å². The first kappa shape index (κ1) is 17.4. The summed E-state index contributed by atoms with van der Waals surface area (Å²) in [6.45, 7) is 3.98. The van der Waals surface area contributed by atoms with Crippen LogP contribution in [-0.2, 0) is 20.4 Å². The van der Waals surface area contributed by atoms with E-state index in [4.69, 9.17) is 0 Å². The van der Waals surface area contributed by atoms with Gasteiger partial charge >= 0.3 is 0 Å². The van der Waals surface area contributed by atoms with Crippen LogP contribution in [0, 0.1) is 27.8 Å². The van der Waals surface area contributed by atoms with Crippen molar-refractivity contribution in [2.45, 2.75) is 0 Å². The van der Waals surface area contributed by atoms with Gasteiger partial charge in [0, 0.05) is 20.4 Å². The van der Waals surface area contributed by atoms with Gasteiger partial charge in [0.05, 0.1) is 0 Å². The van der Waals surface area contributed by atoms with Crippen molar-refractivity contribution in [2.24, 2.45) is 0 Å². The molecular formula is C15H16Pd-4. The normalized spacial score (nSPS) is 8.00. The van der Waals surface area contributed by atoms with Crippen molar-refractivity contribution in [3.05, 3.63) is 81.9 Å². The summed E-state index contributed by atoms with van der Waals surface area (Å²) in [6, 6.07) is 19.2. The quantitative estimate of drug-likeness (QED) is 0.546. The van der Waals surface area contributed by atoms with Crippen LogP contribution in [0.25, 0.3) is 11.1 Å². The maximum atomic E-state index is 3.98. The predicted octanol–water partition coefficient (Wildman–Crippen LogP) is 4.23. The van der Waals surface area contributed by atoms with Crippen molar-refractivity contribution in [1.29, 1.82) is 0 Å². The molecule has 0 aromatic heterocycles. The van der Waals surface area contributed by atoms with E-state index in [1.807, 2.05) is 42.5 Å². The summed E-state index contributed by atoms with van der Waals surface area (Å²) < 4.78 is 0. The van der Waals surface area contributed by atoms with Crippen LogP contribution >= 0.6 is 0 Å². The van der Waals surface area contributed by atoms with Crippen molar-refractivity contribution in [3.8, 4) is 11.1 Å². The molecule has 2 rings (SSSR count). The van der Waals surface area contributed by atoms with Crippen LogP contribution < -0.4 is 0 Å². The minimum Gasteiger partial charge on any atom is -0.358 e. The summed E-state index contributed by atoms with van der Waals surface area (Å²) in [5.41, 5.74) is 3.31. The molecule has 0 bridgehead atoms. The third-order valence-corrected chi connectivity index (χ3v) is 2.02. The van der Waals surface area contributed by atoms with Gasteiger partial charge in [-0.1, -0.05) is 12.1 Å². The van der Waals surface area contributed by atoms with Gasteiger partial charge in [0.1, 0.15) is 0 Å². The summed E-state index contributed by atoms with van der Waals surface area (Å²) in [4.78, 5) is 0. The third-order valence-electron chi connectivity index (χ3n) is 2.02. The molecule has 0 saturated carbocycles. The zero-order chi connectivity index (χ0) is 9.10. The van der Waals surface area contributed by atoms with E-state index in [1.54, 1.807) is 0 Å². The van der Waals surface area contributed by atoms with E-state index in [9.17, 15) is 0 Å². The minimum absolute atomic E-state index is 0. The van der Waals surface area contributed by atoms with Gasteiger partial charge in [-0.05, 0) is 0 Å². The molecule has 0 N–H and O–H groups in total. The van der Waals surface area contributed by atoms with Crippen LogP contribution in [0.3, 0.4) is 0 Å².